The van der Waals surface area contributed by atoms with Crippen LogP contribution >= 0.6 is 0 Å². The SMILES string of the molecule is C[C@@H](NCCc1nccn1C)c1ccccn1. The summed E-state index contributed by atoms with van der Waals surface area (Å²) >= 11 is 0. The zero-order valence-corrected chi connectivity index (χ0v) is 10.3. The average Bonchev–Trinajstić information content (AvgIpc) is 2.76. The van der Waals surface area contributed by atoms with Crippen molar-refractivity contribution in [2.45, 2.75) is 19.4 Å². The lowest BCUT2D eigenvalue weighted by Crippen LogP contribution is -2.22. The van der Waals surface area contributed by atoms with Crippen molar-refractivity contribution in [3.63, 3.8) is 0 Å². The Labute approximate surface area is 102 Å². The molecule has 0 aliphatic carbocycles. The molecule has 1 atom stereocenters. The lowest BCUT2D eigenvalue weighted by molar-refractivity contribution is 0.554. The Balaban J connectivity index is 1.81. The highest BCUT2D eigenvalue weighted by atomic mass is 15.0. The van der Waals surface area contributed by atoms with E-state index in [1.165, 1.54) is 0 Å². The molecule has 0 radical (unpaired) electrons. The highest BCUT2D eigenvalue weighted by Gasteiger charge is 2.05. The average molecular weight is 230 g/mol. The fraction of sp³-hybridized carbons (Fsp3) is 0.385. The maximum absolute atomic E-state index is 4.33. The first-order valence-electron chi connectivity index (χ1n) is 5.88. The third-order valence-electron chi connectivity index (χ3n) is 2.85. The second-order valence-corrected chi connectivity index (χ2v) is 4.13. The molecule has 0 fully saturated rings. The van der Waals surface area contributed by atoms with Crippen molar-refractivity contribution in [2.24, 2.45) is 7.05 Å². The minimum atomic E-state index is 0.275. The van der Waals surface area contributed by atoms with Gasteiger partial charge in [0, 0.05) is 44.6 Å². The Hall–Kier alpha value is -1.68. The van der Waals surface area contributed by atoms with Crippen molar-refractivity contribution in [1.82, 2.24) is 19.9 Å². The van der Waals surface area contributed by atoms with E-state index < -0.39 is 0 Å². The highest BCUT2D eigenvalue weighted by Crippen LogP contribution is 2.07. The van der Waals surface area contributed by atoms with E-state index in [0.29, 0.717) is 0 Å². The third-order valence-corrected chi connectivity index (χ3v) is 2.85. The van der Waals surface area contributed by atoms with Gasteiger partial charge in [0.05, 0.1) is 5.69 Å². The molecule has 4 nitrogen and oxygen atoms in total. The number of aryl methyl sites for hydroxylation is 1. The number of rotatable bonds is 5. The van der Waals surface area contributed by atoms with E-state index in [1.807, 2.05) is 48.4 Å². The molecule has 1 N–H and O–H groups in total. The lowest BCUT2D eigenvalue weighted by atomic mass is 10.2. The first kappa shape index (κ1) is 11.8. The molecule has 0 aliphatic heterocycles. The van der Waals surface area contributed by atoms with Gasteiger partial charge in [-0.2, -0.15) is 0 Å². The molecule has 0 saturated heterocycles. The monoisotopic (exact) mass is 230 g/mol. The normalized spacial score (nSPS) is 12.6. The van der Waals surface area contributed by atoms with Crippen molar-refractivity contribution in [1.29, 1.82) is 0 Å². The standard InChI is InChI=1S/C13H18N4/c1-11(12-5-3-4-7-15-12)14-8-6-13-16-9-10-17(13)2/h3-5,7,9-11,14H,6,8H2,1-2H3/t11-/m1/s1. The summed E-state index contributed by atoms with van der Waals surface area (Å²) in [5.41, 5.74) is 1.08. The predicted octanol–water partition coefficient (Wildman–Crippen LogP) is 1.71. The zero-order chi connectivity index (χ0) is 12.1. The van der Waals surface area contributed by atoms with Crippen molar-refractivity contribution in [2.75, 3.05) is 6.54 Å². The van der Waals surface area contributed by atoms with Crippen molar-refractivity contribution in [3.8, 4) is 0 Å². The summed E-state index contributed by atoms with van der Waals surface area (Å²) in [6, 6.07) is 6.26. The van der Waals surface area contributed by atoms with Crippen LogP contribution in [0.2, 0.25) is 0 Å². The molecule has 90 valence electrons. The molecular weight excluding hydrogens is 212 g/mol. The fourth-order valence-corrected chi connectivity index (χ4v) is 1.77. The molecule has 2 rings (SSSR count). The zero-order valence-electron chi connectivity index (χ0n) is 10.3. The molecule has 0 amide bonds. The molecule has 0 saturated carbocycles. The van der Waals surface area contributed by atoms with E-state index in [1.54, 1.807) is 0 Å². The number of hydrogen-bond acceptors (Lipinski definition) is 3. The first-order valence-corrected chi connectivity index (χ1v) is 5.88. The van der Waals surface area contributed by atoms with Crippen LogP contribution in [-0.4, -0.2) is 21.1 Å². The second kappa shape index (κ2) is 5.59. The van der Waals surface area contributed by atoms with Gasteiger partial charge >= 0.3 is 0 Å². The summed E-state index contributed by atoms with van der Waals surface area (Å²) in [7, 11) is 2.02. The van der Waals surface area contributed by atoms with E-state index in [4.69, 9.17) is 0 Å². The van der Waals surface area contributed by atoms with E-state index in [2.05, 4.69) is 22.2 Å². The largest absolute Gasteiger partial charge is 0.338 e. The maximum Gasteiger partial charge on any atom is 0.109 e. The van der Waals surface area contributed by atoms with Gasteiger partial charge in [0.1, 0.15) is 5.82 Å². The van der Waals surface area contributed by atoms with Crippen molar-refractivity contribution >= 4 is 0 Å². The second-order valence-electron chi connectivity index (χ2n) is 4.13. The summed E-state index contributed by atoms with van der Waals surface area (Å²) in [4.78, 5) is 8.62. The lowest BCUT2D eigenvalue weighted by Gasteiger charge is -2.12. The minimum Gasteiger partial charge on any atom is -0.338 e. The topological polar surface area (TPSA) is 42.7 Å². The van der Waals surface area contributed by atoms with E-state index in [0.717, 1.165) is 24.5 Å². The van der Waals surface area contributed by atoms with Gasteiger partial charge in [0.15, 0.2) is 0 Å². The molecule has 0 bridgehead atoms. The molecule has 0 unspecified atom stereocenters. The number of aromatic nitrogens is 3. The molecule has 0 aromatic carbocycles. The van der Waals surface area contributed by atoms with Crippen LogP contribution in [0.4, 0.5) is 0 Å². The van der Waals surface area contributed by atoms with Gasteiger partial charge in [0.2, 0.25) is 0 Å². The Morgan fingerprint density at radius 2 is 2.18 bits per heavy atom. The number of nitrogens with one attached hydrogen (secondary N) is 1. The Kier molecular flexibility index (Phi) is 3.88. The molecule has 2 aromatic rings. The smallest absolute Gasteiger partial charge is 0.109 e. The van der Waals surface area contributed by atoms with Crippen LogP contribution in [0.5, 0.6) is 0 Å². The quantitative estimate of drug-likeness (QED) is 0.850. The molecule has 0 aliphatic rings. The van der Waals surface area contributed by atoms with E-state index in [9.17, 15) is 0 Å². The van der Waals surface area contributed by atoms with Gasteiger partial charge in [-0.3, -0.25) is 4.98 Å². The van der Waals surface area contributed by atoms with Gasteiger partial charge in [0.25, 0.3) is 0 Å². The number of imidazole rings is 1. The minimum absolute atomic E-state index is 0.275. The number of nitrogens with zero attached hydrogens (tertiary/aromatic N) is 3. The molecule has 4 heteroatoms. The van der Waals surface area contributed by atoms with Crippen LogP contribution in [0.15, 0.2) is 36.8 Å². The van der Waals surface area contributed by atoms with E-state index >= 15 is 0 Å². The molecule has 0 spiro atoms. The summed E-state index contributed by atoms with van der Waals surface area (Å²) in [5.74, 6) is 1.10. The highest BCUT2D eigenvalue weighted by molar-refractivity contribution is 5.07. The number of pyridine rings is 1. The third kappa shape index (κ3) is 3.14. The van der Waals surface area contributed by atoms with Gasteiger partial charge in [-0.05, 0) is 19.1 Å². The Morgan fingerprint density at radius 1 is 1.29 bits per heavy atom. The molecule has 17 heavy (non-hydrogen) atoms. The van der Waals surface area contributed by atoms with Crippen LogP contribution < -0.4 is 5.32 Å². The summed E-state index contributed by atoms with van der Waals surface area (Å²) in [5, 5.41) is 3.45. The summed E-state index contributed by atoms with van der Waals surface area (Å²) in [6.07, 6.45) is 6.56. The predicted molar refractivity (Wildman–Crippen MR) is 67.6 cm³/mol. The van der Waals surface area contributed by atoms with Gasteiger partial charge in [-0.15, -0.1) is 0 Å². The van der Waals surface area contributed by atoms with E-state index in [-0.39, 0.29) is 6.04 Å². The fourth-order valence-electron chi connectivity index (χ4n) is 1.77. The van der Waals surface area contributed by atoms with Crippen LogP contribution in [0.3, 0.4) is 0 Å². The number of hydrogen-bond donors (Lipinski definition) is 1. The maximum atomic E-state index is 4.33. The van der Waals surface area contributed by atoms with Crippen LogP contribution in [0.1, 0.15) is 24.5 Å². The van der Waals surface area contributed by atoms with Gasteiger partial charge in [-0.1, -0.05) is 6.07 Å². The van der Waals surface area contributed by atoms with Gasteiger partial charge < -0.3 is 9.88 Å². The summed E-state index contributed by atoms with van der Waals surface area (Å²) < 4.78 is 2.05. The van der Waals surface area contributed by atoms with Crippen LogP contribution in [0, 0.1) is 0 Å². The van der Waals surface area contributed by atoms with Crippen LogP contribution in [0.25, 0.3) is 0 Å². The Bertz CT molecular complexity index is 449. The van der Waals surface area contributed by atoms with Crippen molar-refractivity contribution in [3.05, 3.63) is 48.3 Å². The van der Waals surface area contributed by atoms with Gasteiger partial charge in [-0.25, -0.2) is 4.98 Å². The molecule has 2 aromatic heterocycles. The Morgan fingerprint density at radius 3 is 2.82 bits per heavy atom. The molecule has 2 heterocycles. The van der Waals surface area contributed by atoms with Crippen molar-refractivity contribution < 1.29 is 0 Å². The first-order chi connectivity index (χ1) is 8.27. The summed E-state index contributed by atoms with van der Waals surface area (Å²) in [6.45, 7) is 3.03. The van der Waals surface area contributed by atoms with Crippen LogP contribution in [-0.2, 0) is 13.5 Å². The molecular formula is C13H18N4.